The summed E-state index contributed by atoms with van der Waals surface area (Å²) in [4.78, 5) is 67.4. The third-order valence-corrected chi connectivity index (χ3v) is 11.7. The summed E-state index contributed by atoms with van der Waals surface area (Å²) in [6, 6.07) is 22.0. The van der Waals surface area contributed by atoms with E-state index in [1.165, 1.54) is 0 Å². The second-order valence-electron chi connectivity index (χ2n) is 18.2. The van der Waals surface area contributed by atoms with Gasteiger partial charge >= 0.3 is 5.97 Å². The zero-order chi connectivity index (χ0) is 45.1. The molecule has 3 aromatic carbocycles. The van der Waals surface area contributed by atoms with Gasteiger partial charge in [-0.2, -0.15) is 0 Å². The van der Waals surface area contributed by atoms with Crippen molar-refractivity contribution in [2.75, 3.05) is 19.7 Å². The van der Waals surface area contributed by atoms with E-state index in [9.17, 15) is 29.1 Å². The van der Waals surface area contributed by atoms with Gasteiger partial charge in [0.1, 0.15) is 24.4 Å². The van der Waals surface area contributed by atoms with Crippen molar-refractivity contribution in [1.82, 2.24) is 26.6 Å². The van der Waals surface area contributed by atoms with Gasteiger partial charge in [-0.3, -0.25) is 24.0 Å². The maximum atomic E-state index is 14.3. The second-order valence-corrected chi connectivity index (χ2v) is 18.2. The molecule has 0 spiro atoms. The number of benzene rings is 3. The van der Waals surface area contributed by atoms with E-state index in [-0.39, 0.29) is 73.4 Å². The molecule has 64 heavy (non-hydrogen) atoms. The minimum absolute atomic E-state index is 0. The predicted molar refractivity (Wildman–Crippen MR) is 246 cm³/mol. The summed E-state index contributed by atoms with van der Waals surface area (Å²) >= 11 is 0. The third-order valence-electron chi connectivity index (χ3n) is 11.7. The molecule has 5 atom stereocenters. The topological polar surface area (TPSA) is 216 Å². The van der Waals surface area contributed by atoms with Crippen LogP contribution in [0.5, 0.6) is 5.75 Å². The van der Waals surface area contributed by atoms with Gasteiger partial charge in [0.05, 0.1) is 31.7 Å². The number of rotatable bonds is 24. The van der Waals surface area contributed by atoms with Crippen LogP contribution < -0.4 is 31.3 Å². The highest BCUT2D eigenvalue weighted by molar-refractivity contribution is 5.92. The number of aliphatic hydroxyl groups excluding tert-OH is 1. The molecule has 8 N–H and O–H groups in total. The number of carbonyl (C=O) groups is 5. The Kier molecular flexibility index (Phi) is 21.2. The van der Waals surface area contributed by atoms with Gasteiger partial charge in [-0.15, -0.1) is 0 Å². The number of fused-ring (bicyclic) bond motifs is 1. The molecule has 1 saturated carbocycles. The molecule has 14 nitrogen and oxygen atoms in total. The maximum Gasteiger partial charge on any atom is 0.320 e. The molecule has 1 fully saturated rings. The highest BCUT2D eigenvalue weighted by Gasteiger charge is 2.34. The van der Waals surface area contributed by atoms with Crippen molar-refractivity contribution < 1.29 is 44.0 Å². The van der Waals surface area contributed by atoms with Gasteiger partial charge in [0, 0.05) is 37.4 Å². The zero-order valence-electron chi connectivity index (χ0n) is 38.0. The molecule has 2 aliphatic rings. The fraction of sp³-hybridized carbons (Fsp3) is 0.540. The van der Waals surface area contributed by atoms with Crippen LogP contribution in [0.2, 0.25) is 0 Å². The number of esters is 1. The molecule has 1 aliphatic carbocycles. The van der Waals surface area contributed by atoms with Gasteiger partial charge in [-0.05, 0) is 53.4 Å². The Hall–Kier alpha value is -5.31. The number of nitrogens with one attached hydrogen (secondary N) is 5. The molecule has 1 unspecified atom stereocenters. The average Bonchev–Trinajstić information content (AvgIpc) is 3.66. The molecule has 1 heterocycles. The van der Waals surface area contributed by atoms with Crippen LogP contribution in [0.1, 0.15) is 114 Å². The highest BCUT2D eigenvalue weighted by atomic mass is 16.5. The number of aliphatic hydroxyl groups is 1. The van der Waals surface area contributed by atoms with Crippen molar-refractivity contribution in [3.8, 4) is 5.75 Å². The van der Waals surface area contributed by atoms with E-state index < -0.39 is 36.0 Å². The van der Waals surface area contributed by atoms with E-state index >= 15 is 0 Å². The lowest BCUT2D eigenvalue weighted by atomic mass is 9.83. The zero-order valence-corrected chi connectivity index (χ0v) is 38.0. The van der Waals surface area contributed by atoms with Crippen LogP contribution in [0, 0.1) is 17.8 Å². The lowest BCUT2D eigenvalue weighted by Gasteiger charge is -2.32. The normalized spacial score (nSPS) is 16.6. The summed E-state index contributed by atoms with van der Waals surface area (Å²) < 4.78 is 11.3. The van der Waals surface area contributed by atoms with Crippen LogP contribution in [-0.2, 0) is 48.3 Å². The average molecular weight is 886 g/mol. The van der Waals surface area contributed by atoms with E-state index in [0.29, 0.717) is 44.2 Å². The molecule has 0 aromatic heterocycles. The molecule has 0 bridgehead atoms. The van der Waals surface area contributed by atoms with Crippen LogP contribution in [0.4, 0.5) is 0 Å². The Labute approximate surface area is 378 Å². The SMILES string of the molecule is CC(C)CNC(=O)C[C@H](O)[C@H](CC1CCCCC1)NC(=O)[C@H](CC(C)C)NC(=O)[C@H](Cc1ccccc1)NC(=O)CC1COc2ccc(CNCC(=O)OCc3ccccc3)cc21.O. The van der Waals surface area contributed by atoms with E-state index in [1.807, 2.05) is 107 Å². The van der Waals surface area contributed by atoms with Gasteiger partial charge in [0.15, 0.2) is 0 Å². The summed E-state index contributed by atoms with van der Waals surface area (Å²) in [6.07, 6.45) is 5.21. The smallest absolute Gasteiger partial charge is 0.320 e. The van der Waals surface area contributed by atoms with Crippen molar-refractivity contribution in [1.29, 1.82) is 0 Å². The number of carbonyl (C=O) groups excluding carboxylic acids is 5. The Morgan fingerprint density at radius 1 is 0.766 bits per heavy atom. The Balaban J connectivity index is 0.00000898. The summed E-state index contributed by atoms with van der Waals surface area (Å²) in [5.74, 6) is -0.893. The molecule has 5 rings (SSSR count). The molecular formula is C50H71N5O9. The Bertz CT molecular complexity index is 1920. The van der Waals surface area contributed by atoms with Crippen LogP contribution in [0.3, 0.4) is 0 Å². The molecule has 0 saturated heterocycles. The maximum absolute atomic E-state index is 14.3. The second kappa shape index (κ2) is 26.5. The minimum Gasteiger partial charge on any atom is -0.493 e. The van der Waals surface area contributed by atoms with Crippen LogP contribution in [0.25, 0.3) is 0 Å². The molecule has 350 valence electrons. The van der Waals surface area contributed by atoms with Gasteiger partial charge in [-0.25, -0.2) is 0 Å². The van der Waals surface area contributed by atoms with Gasteiger partial charge in [0.25, 0.3) is 0 Å². The van der Waals surface area contributed by atoms with Crippen molar-refractivity contribution in [3.63, 3.8) is 0 Å². The summed E-state index contributed by atoms with van der Waals surface area (Å²) in [5, 5.41) is 26.4. The van der Waals surface area contributed by atoms with E-state index in [4.69, 9.17) is 9.47 Å². The van der Waals surface area contributed by atoms with E-state index in [1.54, 1.807) is 0 Å². The fourth-order valence-electron chi connectivity index (χ4n) is 8.32. The Morgan fingerprint density at radius 3 is 2.11 bits per heavy atom. The van der Waals surface area contributed by atoms with Gasteiger partial charge in [0.2, 0.25) is 23.6 Å². The van der Waals surface area contributed by atoms with Crippen molar-refractivity contribution >= 4 is 29.6 Å². The van der Waals surface area contributed by atoms with Crippen molar-refractivity contribution in [2.24, 2.45) is 17.8 Å². The van der Waals surface area contributed by atoms with Crippen LogP contribution in [0.15, 0.2) is 78.9 Å². The molecule has 3 aromatic rings. The molecular weight excluding hydrogens is 815 g/mol. The highest BCUT2D eigenvalue weighted by Crippen LogP contribution is 2.36. The number of amides is 4. The first-order valence-corrected chi connectivity index (χ1v) is 22.9. The van der Waals surface area contributed by atoms with Crippen LogP contribution in [-0.4, -0.2) is 84.1 Å². The molecule has 1 aliphatic heterocycles. The lowest BCUT2D eigenvalue weighted by molar-refractivity contribution is -0.143. The molecule has 0 radical (unpaired) electrons. The summed E-state index contributed by atoms with van der Waals surface area (Å²) in [6.45, 7) is 9.37. The predicted octanol–water partition coefficient (Wildman–Crippen LogP) is 4.80. The quantitative estimate of drug-likeness (QED) is 0.0681. The molecule has 14 heteroatoms. The first-order chi connectivity index (χ1) is 30.3. The largest absolute Gasteiger partial charge is 0.493 e. The summed E-state index contributed by atoms with van der Waals surface area (Å²) in [7, 11) is 0. The first-order valence-electron chi connectivity index (χ1n) is 22.9. The third kappa shape index (κ3) is 17.3. The first kappa shape index (κ1) is 51.3. The fourth-order valence-corrected chi connectivity index (χ4v) is 8.32. The lowest BCUT2D eigenvalue weighted by Crippen LogP contribution is -2.57. The van der Waals surface area contributed by atoms with Crippen molar-refractivity contribution in [3.05, 3.63) is 101 Å². The van der Waals surface area contributed by atoms with E-state index in [0.717, 1.165) is 54.4 Å². The Morgan fingerprint density at radius 2 is 1.44 bits per heavy atom. The van der Waals surface area contributed by atoms with Crippen molar-refractivity contribution in [2.45, 2.75) is 135 Å². The van der Waals surface area contributed by atoms with E-state index in [2.05, 4.69) is 26.6 Å². The number of hydrogen-bond donors (Lipinski definition) is 6. The minimum atomic E-state index is -1.10. The van der Waals surface area contributed by atoms with Gasteiger partial charge < -0.3 is 46.6 Å². The van der Waals surface area contributed by atoms with Gasteiger partial charge in [-0.1, -0.05) is 133 Å². The monoisotopic (exact) mass is 886 g/mol. The van der Waals surface area contributed by atoms with Crippen LogP contribution >= 0.6 is 0 Å². The number of ether oxygens (including phenoxy) is 2. The summed E-state index contributed by atoms with van der Waals surface area (Å²) in [5.41, 5.74) is 3.54. The number of hydrogen-bond acceptors (Lipinski definition) is 9. The standard InChI is InChI=1S/C50H69N5O8.H2O/c1-33(2)22-42(49(60)54-41(24-35-14-8-5-9-15-35)44(56)27-46(57)52-28-34(3)4)55-50(61)43(25-36-16-10-6-11-17-36)53-47(58)26-39-32-62-45-21-20-38(23-40(39)45)29-51-30-48(59)63-31-37-18-12-7-13-19-37;/h6-7,10-13,16-21,23,33-35,39,41-44,51,56H,5,8-9,14-15,22,24-32H2,1-4H3,(H,52,57)(H,53,58)(H,54,60)(H,55,61);1H2/t39?,41-,42-,43-,44-;/m0./s1. The molecule has 4 amide bonds.